The Labute approximate surface area is 98.2 Å². The number of para-hydroxylation sites is 1. The highest BCUT2D eigenvalue weighted by Crippen LogP contribution is 2.18. The van der Waals surface area contributed by atoms with Gasteiger partial charge in [0.2, 0.25) is 0 Å². The van der Waals surface area contributed by atoms with Crippen LogP contribution in [0.4, 0.5) is 5.69 Å². The van der Waals surface area contributed by atoms with E-state index >= 15 is 0 Å². The summed E-state index contributed by atoms with van der Waals surface area (Å²) in [6, 6.07) is 7.83. The number of anilines is 1. The number of nitrogens with zero attached hydrogens (tertiary/aromatic N) is 1. The summed E-state index contributed by atoms with van der Waals surface area (Å²) in [5.41, 5.74) is 4.71. The average Bonchev–Trinajstić information content (AvgIpc) is 2.35. The fourth-order valence-corrected chi connectivity index (χ4v) is 1.16. The highest BCUT2D eigenvalue weighted by Gasteiger charge is 2.43. The van der Waals surface area contributed by atoms with Gasteiger partial charge in [-0.3, -0.25) is 10.6 Å². The van der Waals surface area contributed by atoms with Crippen molar-refractivity contribution in [3.05, 3.63) is 30.3 Å². The van der Waals surface area contributed by atoms with Crippen LogP contribution >= 0.6 is 0 Å². The number of hydrogen-bond donors (Lipinski definition) is 5. The third-order valence-electron chi connectivity index (χ3n) is 2.04. The maximum absolute atomic E-state index is 11.0. The summed E-state index contributed by atoms with van der Waals surface area (Å²) in [5.74, 6) is -4.28. The molecule has 1 atom stereocenters. The largest absolute Gasteiger partial charge is 0.476 e. The van der Waals surface area contributed by atoms with E-state index in [1.165, 1.54) is 12.1 Å². The number of hydrazine groups is 1. The van der Waals surface area contributed by atoms with Gasteiger partial charge >= 0.3 is 11.8 Å². The average molecular weight is 241 g/mol. The van der Waals surface area contributed by atoms with Gasteiger partial charge in [0.1, 0.15) is 0 Å². The molecule has 5 N–H and O–H groups in total. The zero-order valence-corrected chi connectivity index (χ0v) is 9.29. The fourth-order valence-electron chi connectivity index (χ4n) is 1.16. The summed E-state index contributed by atoms with van der Waals surface area (Å²) in [6.45, 7) is 2.08. The molecule has 0 aliphatic rings. The molecule has 0 radical (unpaired) electrons. The lowest BCUT2D eigenvalue weighted by molar-refractivity contribution is -0.173. The first-order chi connectivity index (χ1) is 8.02. The number of hydrogen-bond acceptors (Lipinski definition) is 6. The fraction of sp³-hybridized carbons (Fsp3) is 0.300. The summed E-state index contributed by atoms with van der Waals surface area (Å²) in [4.78, 5) is 11.0. The number of benzene rings is 1. The van der Waals surface area contributed by atoms with Gasteiger partial charge in [0.15, 0.2) is 0 Å². The summed E-state index contributed by atoms with van der Waals surface area (Å²) in [6.07, 6.45) is 0. The smallest absolute Gasteiger partial charge is 0.377 e. The van der Waals surface area contributed by atoms with Gasteiger partial charge in [0.05, 0.1) is 5.69 Å². The van der Waals surface area contributed by atoms with E-state index in [1.54, 1.807) is 25.1 Å². The van der Waals surface area contributed by atoms with Gasteiger partial charge in [-0.2, -0.15) is 10.5 Å². The predicted octanol–water partition coefficient (Wildman–Crippen LogP) is -0.273. The number of rotatable bonds is 6. The summed E-state index contributed by atoms with van der Waals surface area (Å²) in [7, 11) is 0. The first-order valence-electron chi connectivity index (χ1n) is 5.02. The Hall–Kier alpha value is -1.67. The summed E-state index contributed by atoms with van der Waals surface area (Å²) < 4.78 is 0. The molecule has 0 unspecified atom stereocenters. The van der Waals surface area contributed by atoms with E-state index in [0.29, 0.717) is 6.54 Å². The van der Waals surface area contributed by atoms with Gasteiger partial charge in [-0.05, 0) is 12.1 Å². The van der Waals surface area contributed by atoms with Crippen LogP contribution in [-0.4, -0.2) is 33.8 Å². The van der Waals surface area contributed by atoms with Gasteiger partial charge in [-0.25, -0.2) is 4.79 Å². The van der Waals surface area contributed by atoms with Crippen molar-refractivity contribution in [1.82, 2.24) is 10.9 Å². The molecule has 0 spiro atoms. The number of nitrogens with one attached hydrogen (secondary N) is 2. The van der Waals surface area contributed by atoms with E-state index in [0.717, 1.165) is 0 Å². The van der Waals surface area contributed by atoms with Crippen LogP contribution in [0.5, 0.6) is 0 Å². The molecular formula is C10H15N3O4. The Morgan fingerprint density at radius 2 is 2.00 bits per heavy atom. The molecule has 7 nitrogen and oxygen atoms in total. The Bertz CT molecular complexity index is 373. The molecule has 0 aliphatic carbocycles. The second kappa shape index (κ2) is 5.60. The first kappa shape index (κ1) is 13.4. The van der Waals surface area contributed by atoms with Gasteiger partial charge in [-0.1, -0.05) is 25.1 Å². The van der Waals surface area contributed by atoms with Crippen molar-refractivity contribution < 1.29 is 20.2 Å². The van der Waals surface area contributed by atoms with E-state index in [-0.39, 0.29) is 10.8 Å². The Morgan fingerprint density at radius 3 is 2.47 bits per heavy atom. The molecule has 94 valence electrons. The van der Waals surface area contributed by atoms with Gasteiger partial charge in [-0.15, -0.1) is 0 Å². The molecular weight excluding hydrogens is 226 g/mol. The van der Waals surface area contributed by atoms with Crippen molar-refractivity contribution in [1.29, 1.82) is 0 Å². The van der Waals surface area contributed by atoms with Crippen molar-refractivity contribution >= 4 is 11.7 Å². The van der Waals surface area contributed by atoms with Gasteiger partial charge in [0, 0.05) is 6.54 Å². The van der Waals surface area contributed by atoms with Crippen LogP contribution < -0.4 is 15.9 Å². The third-order valence-corrected chi connectivity index (χ3v) is 2.04. The monoisotopic (exact) mass is 241 g/mol. The summed E-state index contributed by atoms with van der Waals surface area (Å²) >= 11 is 0. The minimum absolute atomic E-state index is 0.141. The minimum atomic E-state index is -2.64. The van der Waals surface area contributed by atoms with Crippen LogP contribution in [-0.2, 0) is 4.79 Å². The molecule has 0 aromatic heterocycles. The molecule has 0 saturated carbocycles. The topological polar surface area (TPSA) is 105 Å². The van der Waals surface area contributed by atoms with Crippen molar-refractivity contribution in [2.24, 2.45) is 0 Å². The number of aliphatic carboxylic acids is 1. The molecule has 0 saturated heterocycles. The zero-order valence-electron chi connectivity index (χ0n) is 9.29. The quantitative estimate of drug-likeness (QED) is 0.345. The van der Waals surface area contributed by atoms with Gasteiger partial charge in [0.25, 0.3) is 0 Å². The van der Waals surface area contributed by atoms with Crippen LogP contribution in [0.2, 0.25) is 0 Å². The highest BCUT2D eigenvalue weighted by molar-refractivity contribution is 5.79. The van der Waals surface area contributed by atoms with E-state index in [4.69, 9.17) is 5.11 Å². The second-order valence-electron chi connectivity index (χ2n) is 3.28. The molecule has 0 heterocycles. The van der Waals surface area contributed by atoms with Crippen LogP contribution in [0, 0.1) is 0 Å². The lowest BCUT2D eigenvalue weighted by atomic mass is 10.3. The van der Waals surface area contributed by atoms with E-state index in [2.05, 4.69) is 10.9 Å². The van der Waals surface area contributed by atoms with Crippen molar-refractivity contribution in [2.45, 2.75) is 12.8 Å². The lowest BCUT2D eigenvalue weighted by Crippen LogP contribution is -2.67. The van der Waals surface area contributed by atoms with E-state index < -0.39 is 11.8 Å². The predicted molar refractivity (Wildman–Crippen MR) is 60.1 cm³/mol. The van der Waals surface area contributed by atoms with E-state index in [9.17, 15) is 15.1 Å². The molecule has 0 bridgehead atoms. The number of hydroxylamine groups is 1. The first-order valence-corrected chi connectivity index (χ1v) is 5.02. The zero-order chi connectivity index (χ0) is 12.9. The van der Waals surface area contributed by atoms with Crippen LogP contribution in [0.25, 0.3) is 0 Å². The van der Waals surface area contributed by atoms with Crippen LogP contribution in [0.15, 0.2) is 30.3 Å². The molecule has 0 amide bonds. The third kappa shape index (κ3) is 2.92. The maximum atomic E-state index is 11.0. The number of carboxylic acid groups (broad SMARTS) is 1. The minimum Gasteiger partial charge on any atom is -0.476 e. The highest BCUT2D eigenvalue weighted by atomic mass is 16.6. The van der Waals surface area contributed by atoms with E-state index in [1.807, 2.05) is 0 Å². The lowest BCUT2D eigenvalue weighted by Gasteiger charge is -2.32. The Kier molecular flexibility index (Phi) is 4.41. The SMILES string of the molecule is CCNN[C@@](O)(C(=O)O)N(O)c1ccccc1. The number of carboxylic acids is 1. The molecule has 0 fully saturated rings. The molecule has 1 rings (SSSR count). The molecule has 1 aromatic carbocycles. The number of carbonyl (C=O) groups is 1. The van der Waals surface area contributed by atoms with Crippen molar-refractivity contribution in [3.8, 4) is 0 Å². The Morgan fingerprint density at radius 1 is 1.41 bits per heavy atom. The molecule has 0 aliphatic heterocycles. The van der Waals surface area contributed by atoms with Crippen molar-refractivity contribution in [3.63, 3.8) is 0 Å². The van der Waals surface area contributed by atoms with Crippen molar-refractivity contribution in [2.75, 3.05) is 11.6 Å². The Balaban J connectivity index is 2.95. The second-order valence-corrected chi connectivity index (χ2v) is 3.28. The number of aliphatic hydroxyl groups is 1. The molecule has 1 aromatic rings. The van der Waals surface area contributed by atoms with Gasteiger partial charge < -0.3 is 10.2 Å². The van der Waals surface area contributed by atoms with Crippen LogP contribution in [0.1, 0.15) is 6.92 Å². The maximum Gasteiger partial charge on any atom is 0.377 e. The molecule has 17 heavy (non-hydrogen) atoms. The standard InChI is InChI=1S/C10H15N3O4/c1-2-11-12-10(16,9(14)15)13(17)8-6-4-3-5-7-8/h3-7,11-12,16-17H,2H2,1H3,(H,14,15)/t10-/m0/s1. The molecule has 7 heteroatoms. The normalized spacial score (nSPS) is 14.1. The van der Waals surface area contributed by atoms with Crippen LogP contribution in [0.3, 0.4) is 0 Å². The summed E-state index contributed by atoms with van der Waals surface area (Å²) in [5, 5.41) is 28.8.